The van der Waals surface area contributed by atoms with E-state index in [0.29, 0.717) is 12.1 Å². The molecule has 0 aliphatic carbocycles. The van der Waals surface area contributed by atoms with Gasteiger partial charge in [0.1, 0.15) is 5.82 Å². The number of para-hydroxylation sites is 2. The summed E-state index contributed by atoms with van der Waals surface area (Å²) in [5.74, 6) is 0.611. The number of benzene rings is 3. The second kappa shape index (κ2) is 9.17. The van der Waals surface area contributed by atoms with Gasteiger partial charge in [0.05, 0.1) is 26.9 Å². The number of carbonyl (C=O) groups is 1. The van der Waals surface area contributed by atoms with Crippen LogP contribution in [-0.4, -0.2) is 37.0 Å². The summed E-state index contributed by atoms with van der Waals surface area (Å²) < 4.78 is 28.5. The van der Waals surface area contributed by atoms with Crippen molar-refractivity contribution in [1.29, 1.82) is 0 Å². The van der Waals surface area contributed by atoms with E-state index in [1.807, 2.05) is 43.3 Å². The average molecular weight is 463 g/mol. The lowest BCUT2D eigenvalue weighted by molar-refractivity contribution is -0.121. The van der Waals surface area contributed by atoms with Gasteiger partial charge in [-0.25, -0.2) is 13.4 Å². The van der Waals surface area contributed by atoms with Crippen LogP contribution in [0.4, 0.5) is 0 Å². The SMILES string of the molecule is CNC(=O)[C@@H](N)Cc1cccc(S(=O)(=O)c2ccc(Cn3c(C)nc4ccccc43)cc2)c1. The van der Waals surface area contributed by atoms with Gasteiger partial charge < -0.3 is 15.6 Å². The lowest BCUT2D eigenvalue weighted by atomic mass is 10.1. The van der Waals surface area contributed by atoms with E-state index in [4.69, 9.17) is 5.73 Å². The maximum atomic E-state index is 13.2. The molecule has 7 nitrogen and oxygen atoms in total. The van der Waals surface area contributed by atoms with Crippen molar-refractivity contribution in [3.8, 4) is 0 Å². The second-order valence-corrected chi connectivity index (χ2v) is 9.90. The van der Waals surface area contributed by atoms with Gasteiger partial charge in [-0.1, -0.05) is 36.4 Å². The highest BCUT2D eigenvalue weighted by molar-refractivity contribution is 7.91. The van der Waals surface area contributed by atoms with Gasteiger partial charge in [-0.3, -0.25) is 4.79 Å². The molecule has 0 radical (unpaired) electrons. The van der Waals surface area contributed by atoms with Crippen molar-refractivity contribution >= 4 is 26.8 Å². The van der Waals surface area contributed by atoms with Gasteiger partial charge in [0.25, 0.3) is 0 Å². The Morgan fingerprint density at radius 3 is 2.45 bits per heavy atom. The van der Waals surface area contributed by atoms with Crippen LogP contribution in [0, 0.1) is 6.92 Å². The third-order valence-corrected chi connectivity index (χ3v) is 7.43. The summed E-state index contributed by atoms with van der Waals surface area (Å²) in [7, 11) is -2.19. The quantitative estimate of drug-likeness (QED) is 0.439. The molecule has 170 valence electrons. The number of rotatable bonds is 7. The molecule has 0 bridgehead atoms. The zero-order valence-corrected chi connectivity index (χ0v) is 19.3. The van der Waals surface area contributed by atoms with E-state index >= 15 is 0 Å². The Bertz CT molecular complexity index is 1410. The molecule has 1 aromatic heterocycles. The number of sulfone groups is 1. The van der Waals surface area contributed by atoms with Crippen LogP contribution in [0.25, 0.3) is 11.0 Å². The highest BCUT2D eigenvalue weighted by atomic mass is 32.2. The standard InChI is InChI=1S/C25H26N4O3S/c1-17-28-23-8-3-4-9-24(23)29(17)16-18-10-12-20(13-11-18)33(31,32)21-7-5-6-19(14-21)15-22(26)25(30)27-2/h3-14,22H,15-16,26H2,1-2H3,(H,27,30)/t22-/m0/s1. The summed E-state index contributed by atoms with van der Waals surface area (Å²) in [5.41, 5.74) is 9.52. The number of aryl methyl sites for hydroxylation is 1. The van der Waals surface area contributed by atoms with E-state index in [9.17, 15) is 13.2 Å². The third kappa shape index (κ3) is 4.67. The number of nitrogens with two attached hydrogens (primary N) is 1. The monoisotopic (exact) mass is 462 g/mol. The molecule has 8 heteroatoms. The molecule has 0 aliphatic rings. The fourth-order valence-electron chi connectivity index (χ4n) is 3.86. The number of aromatic nitrogens is 2. The van der Waals surface area contributed by atoms with Gasteiger partial charge in [0.15, 0.2) is 0 Å². The second-order valence-electron chi connectivity index (χ2n) is 7.95. The first-order chi connectivity index (χ1) is 15.8. The first-order valence-corrected chi connectivity index (χ1v) is 12.1. The molecule has 0 aliphatic heterocycles. The molecule has 4 aromatic rings. The molecule has 33 heavy (non-hydrogen) atoms. The third-order valence-electron chi connectivity index (χ3n) is 5.67. The average Bonchev–Trinajstić information content (AvgIpc) is 3.14. The highest BCUT2D eigenvalue weighted by Gasteiger charge is 2.19. The van der Waals surface area contributed by atoms with Crippen molar-refractivity contribution < 1.29 is 13.2 Å². The van der Waals surface area contributed by atoms with Crippen molar-refractivity contribution in [2.75, 3.05) is 7.05 Å². The molecule has 0 saturated carbocycles. The summed E-state index contributed by atoms with van der Waals surface area (Å²) >= 11 is 0. The molecule has 3 aromatic carbocycles. The normalized spacial score (nSPS) is 12.6. The van der Waals surface area contributed by atoms with E-state index in [1.165, 1.54) is 7.05 Å². The largest absolute Gasteiger partial charge is 0.358 e. The molecule has 4 rings (SSSR count). The first-order valence-electron chi connectivity index (χ1n) is 10.6. The maximum absolute atomic E-state index is 13.2. The molecule has 0 unspecified atom stereocenters. The zero-order valence-electron chi connectivity index (χ0n) is 18.5. The number of hydrogen-bond donors (Lipinski definition) is 2. The van der Waals surface area contributed by atoms with Crippen LogP contribution < -0.4 is 11.1 Å². The van der Waals surface area contributed by atoms with Crippen LogP contribution in [0.5, 0.6) is 0 Å². The zero-order chi connectivity index (χ0) is 23.6. The predicted molar refractivity (Wildman–Crippen MR) is 128 cm³/mol. The fraction of sp³-hybridized carbons (Fsp3) is 0.200. The smallest absolute Gasteiger partial charge is 0.237 e. The van der Waals surface area contributed by atoms with Gasteiger partial charge in [-0.05, 0) is 60.9 Å². The topological polar surface area (TPSA) is 107 Å². The van der Waals surface area contributed by atoms with Crippen molar-refractivity contribution in [2.24, 2.45) is 5.73 Å². The predicted octanol–water partition coefficient (Wildman–Crippen LogP) is 2.84. The molecular weight excluding hydrogens is 436 g/mol. The van der Waals surface area contributed by atoms with E-state index in [1.54, 1.807) is 36.4 Å². The molecule has 0 saturated heterocycles. The Hall–Kier alpha value is -3.49. The minimum Gasteiger partial charge on any atom is -0.358 e. The van der Waals surface area contributed by atoms with Crippen LogP contribution in [0.2, 0.25) is 0 Å². The number of carbonyl (C=O) groups excluding carboxylic acids is 1. The first kappa shape index (κ1) is 22.7. The van der Waals surface area contributed by atoms with E-state index in [0.717, 1.165) is 22.4 Å². The summed E-state index contributed by atoms with van der Waals surface area (Å²) in [6.07, 6.45) is 0.250. The minimum absolute atomic E-state index is 0.174. The number of fused-ring (bicyclic) bond motifs is 1. The molecule has 1 heterocycles. The lowest BCUT2D eigenvalue weighted by Crippen LogP contribution is -2.40. The van der Waals surface area contributed by atoms with Gasteiger partial charge in [-0.15, -0.1) is 0 Å². The Balaban J connectivity index is 1.56. The summed E-state index contributed by atoms with van der Waals surface area (Å²) in [6.45, 7) is 2.56. The maximum Gasteiger partial charge on any atom is 0.237 e. The summed E-state index contributed by atoms with van der Waals surface area (Å²) in [5, 5.41) is 2.50. The molecule has 1 atom stereocenters. The Morgan fingerprint density at radius 2 is 1.73 bits per heavy atom. The van der Waals surface area contributed by atoms with Crippen molar-refractivity contribution in [3.63, 3.8) is 0 Å². The van der Waals surface area contributed by atoms with Crippen LogP contribution in [0.1, 0.15) is 17.0 Å². The van der Waals surface area contributed by atoms with E-state index in [-0.39, 0.29) is 22.1 Å². The van der Waals surface area contributed by atoms with E-state index in [2.05, 4.69) is 14.9 Å². The van der Waals surface area contributed by atoms with Gasteiger partial charge in [0.2, 0.25) is 15.7 Å². The summed E-state index contributed by atoms with van der Waals surface area (Å²) in [6, 6.07) is 20.7. The lowest BCUT2D eigenvalue weighted by Gasteiger charge is -2.12. The highest BCUT2D eigenvalue weighted by Crippen LogP contribution is 2.24. The number of amides is 1. The Kier molecular flexibility index (Phi) is 6.31. The van der Waals surface area contributed by atoms with Crippen molar-refractivity contribution in [1.82, 2.24) is 14.9 Å². The van der Waals surface area contributed by atoms with Gasteiger partial charge in [0, 0.05) is 13.6 Å². The number of imidazole rings is 1. The van der Waals surface area contributed by atoms with Gasteiger partial charge >= 0.3 is 0 Å². The van der Waals surface area contributed by atoms with Crippen LogP contribution >= 0.6 is 0 Å². The van der Waals surface area contributed by atoms with Crippen LogP contribution in [-0.2, 0) is 27.6 Å². The molecule has 0 fully saturated rings. The summed E-state index contributed by atoms with van der Waals surface area (Å²) in [4.78, 5) is 16.7. The van der Waals surface area contributed by atoms with Crippen molar-refractivity contribution in [2.45, 2.75) is 35.7 Å². The van der Waals surface area contributed by atoms with Crippen molar-refractivity contribution in [3.05, 3.63) is 89.7 Å². The van der Waals surface area contributed by atoms with Crippen LogP contribution in [0.15, 0.2) is 82.6 Å². The molecule has 3 N–H and O–H groups in total. The minimum atomic E-state index is -3.71. The number of nitrogens with zero attached hydrogens (tertiary/aromatic N) is 2. The molecule has 1 amide bonds. The Labute approximate surface area is 193 Å². The number of likely N-dealkylation sites (N-methyl/N-ethyl adjacent to an activating group) is 1. The molecular formula is C25H26N4O3S. The Morgan fingerprint density at radius 1 is 1.00 bits per heavy atom. The number of nitrogens with one attached hydrogen (secondary N) is 1. The van der Waals surface area contributed by atoms with Crippen LogP contribution in [0.3, 0.4) is 0 Å². The van der Waals surface area contributed by atoms with E-state index < -0.39 is 15.9 Å². The molecule has 0 spiro atoms. The fourth-order valence-corrected chi connectivity index (χ4v) is 5.19. The number of hydrogen-bond acceptors (Lipinski definition) is 5. The van der Waals surface area contributed by atoms with Gasteiger partial charge in [-0.2, -0.15) is 0 Å².